The number of carbonyl (C=O) groups excluding carboxylic acids is 1. The minimum atomic E-state index is -1.17. The van der Waals surface area contributed by atoms with E-state index in [1.54, 1.807) is 13.0 Å². The number of rotatable bonds is 7. The summed E-state index contributed by atoms with van der Waals surface area (Å²) >= 11 is 0. The van der Waals surface area contributed by atoms with E-state index in [4.69, 9.17) is 9.97 Å². The molecule has 0 spiro atoms. The van der Waals surface area contributed by atoms with Gasteiger partial charge in [-0.3, -0.25) is 0 Å². The van der Waals surface area contributed by atoms with E-state index < -0.39 is 12.0 Å². The van der Waals surface area contributed by atoms with E-state index in [1.165, 1.54) is 4.68 Å². The van der Waals surface area contributed by atoms with Gasteiger partial charge in [-0.05, 0) is 43.2 Å². The van der Waals surface area contributed by atoms with Gasteiger partial charge in [-0.2, -0.15) is 0 Å². The minimum absolute atomic E-state index is 0.369. The van der Waals surface area contributed by atoms with Gasteiger partial charge in [0.2, 0.25) is 0 Å². The first-order chi connectivity index (χ1) is 14.1. The topological polar surface area (TPSA) is 109 Å². The fourth-order valence-electron chi connectivity index (χ4n) is 3.37. The van der Waals surface area contributed by atoms with Gasteiger partial charge in [0.1, 0.15) is 5.52 Å². The monoisotopic (exact) mass is 389 g/mol. The molecule has 1 unspecified atom stereocenters. The molecule has 0 aliphatic carbocycles. The zero-order chi connectivity index (χ0) is 20.4. The normalized spacial score (nSPS) is 12.3. The largest absolute Gasteiger partial charge is 0.548 e. The Morgan fingerprint density at radius 1 is 1.10 bits per heavy atom. The van der Waals surface area contributed by atoms with Crippen molar-refractivity contribution in [3.63, 3.8) is 0 Å². The summed E-state index contributed by atoms with van der Waals surface area (Å²) in [6.45, 7) is 3.88. The van der Waals surface area contributed by atoms with Gasteiger partial charge in [0.15, 0.2) is 5.82 Å². The third kappa shape index (κ3) is 3.61. The van der Waals surface area contributed by atoms with Gasteiger partial charge in [0.05, 0.1) is 34.3 Å². The van der Waals surface area contributed by atoms with Crippen molar-refractivity contribution in [3.05, 3.63) is 48.2 Å². The second kappa shape index (κ2) is 7.83. The molecular formula is C21H21N6O2-. The minimum Gasteiger partial charge on any atom is -0.548 e. The summed E-state index contributed by atoms with van der Waals surface area (Å²) in [5.41, 5.74) is 4.62. The van der Waals surface area contributed by atoms with Crippen molar-refractivity contribution < 1.29 is 9.90 Å². The number of hydrogen-bond acceptors (Lipinski definition) is 7. The second-order valence-corrected chi connectivity index (χ2v) is 6.86. The van der Waals surface area contributed by atoms with Crippen LogP contribution in [0.25, 0.3) is 22.1 Å². The number of aliphatic carboxylic acids is 1. The van der Waals surface area contributed by atoms with E-state index in [2.05, 4.69) is 22.6 Å². The molecule has 0 fully saturated rings. The number of carbonyl (C=O) groups is 1. The first-order valence-corrected chi connectivity index (χ1v) is 9.69. The lowest BCUT2D eigenvalue weighted by Crippen LogP contribution is -2.33. The third-order valence-corrected chi connectivity index (χ3v) is 4.82. The van der Waals surface area contributed by atoms with Crippen LogP contribution in [0.1, 0.15) is 38.4 Å². The Labute approximate surface area is 167 Å². The smallest absolute Gasteiger partial charge is 0.152 e. The molecule has 0 bridgehead atoms. The number of nitrogens with zero attached hydrogens (tertiary/aromatic N) is 5. The number of para-hydroxylation sites is 2. The van der Waals surface area contributed by atoms with Gasteiger partial charge in [-0.15, -0.1) is 5.10 Å². The van der Waals surface area contributed by atoms with Gasteiger partial charge in [0.25, 0.3) is 0 Å². The number of fused-ring (bicyclic) bond motifs is 2. The third-order valence-electron chi connectivity index (χ3n) is 4.82. The number of nitrogens with one attached hydrogen (secondary N) is 1. The van der Waals surface area contributed by atoms with Crippen LogP contribution in [0.4, 0.5) is 11.5 Å². The summed E-state index contributed by atoms with van der Waals surface area (Å²) in [6, 6.07) is 12.4. The van der Waals surface area contributed by atoms with Crippen LogP contribution < -0.4 is 10.4 Å². The maximum Gasteiger partial charge on any atom is 0.152 e. The first-order valence-electron chi connectivity index (χ1n) is 9.69. The van der Waals surface area contributed by atoms with E-state index in [0.717, 1.165) is 35.3 Å². The molecule has 29 heavy (non-hydrogen) atoms. The lowest BCUT2D eigenvalue weighted by atomic mass is 10.2. The molecular weight excluding hydrogens is 368 g/mol. The van der Waals surface area contributed by atoms with Crippen molar-refractivity contribution in [2.45, 2.75) is 39.2 Å². The Morgan fingerprint density at radius 3 is 2.55 bits per heavy atom. The molecule has 0 saturated heterocycles. The van der Waals surface area contributed by atoms with Crippen LogP contribution in [0.15, 0.2) is 42.5 Å². The van der Waals surface area contributed by atoms with E-state index in [9.17, 15) is 9.90 Å². The van der Waals surface area contributed by atoms with Crippen LogP contribution in [0.5, 0.6) is 0 Å². The molecule has 0 aliphatic rings. The van der Waals surface area contributed by atoms with Gasteiger partial charge in [0, 0.05) is 5.69 Å². The van der Waals surface area contributed by atoms with Crippen LogP contribution in [-0.2, 0) is 11.2 Å². The van der Waals surface area contributed by atoms with Crippen LogP contribution >= 0.6 is 0 Å². The van der Waals surface area contributed by atoms with E-state index in [0.29, 0.717) is 23.3 Å². The number of carboxylic acids is 1. The Kier molecular flexibility index (Phi) is 5.07. The number of aromatic nitrogens is 5. The maximum absolute atomic E-state index is 11.4. The number of hydrogen-bond donors (Lipinski definition) is 1. The van der Waals surface area contributed by atoms with Crippen molar-refractivity contribution in [3.8, 4) is 0 Å². The molecule has 2 heterocycles. The van der Waals surface area contributed by atoms with Crippen molar-refractivity contribution in [2.75, 3.05) is 5.32 Å². The predicted octanol–water partition coefficient (Wildman–Crippen LogP) is 2.77. The number of carboxylic acid groups (broad SMARTS) is 1. The molecule has 0 aliphatic heterocycles. The van der Waals surface area contributed by atoms with Gasteiger partial charge >= 0.3 is 0 Å². The highest BCUT2D eigenvalue weighted by molar-refractivity contribution is 5.83. The Hall–Kier alpha value is -3.55. The first kappa shape index (κ1) is 18.8. The second-order valence-electron chi connectivity index (χ2n) is 6.86. The molecule has 0 saturated carbocycles. The quantitative estimate of drug-likeness (QED) is 0.518. The van der Waals surface area contributed by atoms with E-state index >= 15 is 0 Å². The lowest BCUT2D eigenvalue weighted by molar-refractivity contribution is -0.310. The lowest BCUT2D eigenvalue weighted by Gasteiger charge is -2.16. The molecule has 0 amide bonds. The average Bonchev–Trinajstić information content (AvgIpc) is 3.12. The Bertz CT molecular complexity index is 1190. The molecule has 8 nitrogen and oxygen atoms in total. The number of aryl methyl sites for hydroxylation is 1. The molecule has 0 radical (unpaired) electrons. The molecule has 2 aromatic heterocycles. The highest BCUT2D eigenvalue weighted by Crippen LogP contribution is 2.25. The molecule has 148 valence electrons. The molecule has 4 rings (SSSR count). The zero-order valence-electron chi connectivity index (χ0n) is 16.3. The highest BCUT2D eigenvalue weighted by Gasteiger charge is 2.16. The number of benzene rings is 2. The zero-order valence-corrected chi connectivity index (χ0v) is 16.3. The van der Waals surface area contributed by atoms with Crippen molar-refractivity contribution >= 4 is 39.5 Å². The standard InChI is InChI=1S/C21H22N6O2/c1-3-7-16-20(24-15-9-6-5-8-14(15)23-16)22-13-10-11-19-17(12-13)25-26-27(19)18(4-2)21(28)29/h5-6,8-12,18H,3-4,7H2,1-2H3,(H,22,24)(H,28,29)/p-1. The maximum atomic E-state index is 11.4. The number of anilines is 2. The van der Waals surface area contributed by atoms with Gasteiger partial charge in [-0.1, -0.05) is 37.6 Å². The van der Waals surface area contributed by atoms with Crippen molar-refractivity contribution in [1.29, 1.82) is 0 Å². The predicted molar refractivity (Wildman–Crippen MR) is 109 cm³/mol. The fourth-order valence-corrected chi connectivity index (χ4v) is 3.37. The fraction of sp³-hybridized carbons (Fsp3) is 0.286. The summed E-state index contributed by atoms with van der Waals surface area (Å²) in [4.78, 5) is 20.8. The summed E-state index contributed by atoms with van der Waals surface area (Å²) in [5, 5.41) is 22.8. The van der Waals surface area contributed by atoms with E-state index in [1.807, 2.05) is 36.4 Å². The molecule has 1 atom stereocenters. The van der Waals surface area contributed by atoms with Crippen LogP contribution in [0.2, 0.25) is 0 Å². The van der Waals surface area contributed by atoms with Gasteiger partial charge < -0.3 is 15.2 Å². The van der Waals surface area contributed by atoms with Crippen LogP contribution in [0, 0.1) is 0 Å². The summed E-state index contributed by atoms with van der Waals surface area (Å²) in [7, 11) is 0. The summed E-state index contributed by atoms with van der Waals surface area (Å²) in [5.74, 6) is -0.462. The SMILES string of the molecule is CCCc1nc2ccccc2nc1Nc1ccc2c(c1)nnn2C(CC)C(=O)[O-]. The molecule has 1 N–H and O–H groups in total. The molecule has 2 aromatic carbocycles. The highest BCUT2D eigenvalue weighted by atomic mass is 16.4. The Balaban J connectivity index is 1.71. The van der Waals surface area contributed by atoms with Gasteiger partial charge in [-0.25, -0.2) is 14.6 Å². The molecule has 8 heteroatoms. The van der Waals surface area contributed by atoms with Crippen molar-refractivity contribution in [1.82, 2.24) is 25.0 Å². The summed E-state index contributed by atoms with van der Waals surface area (Å²) in [6.07, 6.45) is 2.13. The average molecular weight is 389 g/mol. The summed E-state index contributed by atoms with van der Waals surface area (Å²) < 4.78 is 1.40. The van der Waals surface area contributed by atoms with Crippen molar-refractivity contribution in [2.24, 2.45) is 0 Å². The van der Waals surface area contributed by atoms with Crippen LogP contribution in [0.3, 0.4) is 0 Å². The van der Waals surface area contributed by atoms with E-state index in [-0.39, 0.29) is 0 Å². The van der Waals surface area contributed by atoms with Crippen LogP contribution in [-0.4, -0.2) is 30.9 Å². The molecule has 4 aromatic rings. The Morgan fingerprint density at radius 2 is 1.86 bits per heavy atom.